The van der Waals surface area contributed by atoms with Gasteiger partial charge in [0, 0.05) is 53.4 Å². The highest BCUT2D eigenvalue weighted by Crippen LogP contribution is 2.33. The molecule has 2 aromatic heterocycles. The SMILES string of the molecule is COc1ccc(Cl)c(-c2ccc3c(=O)n(-c4cncc5ccc(N6CC[C@H](OC)C6)cc45)c(=O)[nH]c3c2)c1. The highest BCUT2D eigenvalue weighted by Gasteiger charge is 2.23. The second kappa shape index (κ2) is 9.63. The molecule has 1 aliphatic heterocycles. The summed E-state index contributed by atoms with van der Waals surface area (Å²) < 4.78 is 12.0. The van der Waals surface area contributed by atoms with Crippen LogP contribution in [-0.4, -0.2) is 47.9 Å². The highest BCUT2D eigenvalue weighted by atomic mass is 35.5. The monoisotopic (exact) mass is 528 g/mol. The van der Waals surface area contributed by atoms with Crippen molar-refractivity contribution in [1.82, 2.24) is 14.5 Å². The number of H-pyrrole nitrogens is 1. The first kappa shape index (κ1) is 24.2. The Morgan fingerprint density at radius 3 is 2.66 bits per heavy atom. The van der Waals surface area contributed by atoms with E-state index in [9.17, 15) is 9.59 Å². The maximum absolute atomic E-state index is 13.7. The molecule has 0 unspecified atom stereocenters. The molecule has 6 rings (SSSR count). The summed E-state index contributed by atoms with van der Waals surface area (Å²) in [7, 11) is 3.31. The van der Waals surface area contributed by atoms with E-state index in [4.69, 9.17) is 21.1 Å². The van der Waals surface area contributed by atoms with Gasteiger partial charge in [0.25, 0.3) is 5.56 Å². The van der Waals surface area contributed by atoms with Crippen LogP contribution in [0.3, 0.4) is 0 Å². The van der Waals surface area contributed by atoms with Gasteiger partial charge in [-0.05, 0) is 54.4 Å². The summed E-state index contributed by atoms with van der Waals surface area (Å²) in [5, 5.41) is 2.52. The number of methoxy groups -OCH3 is 2. The molecular formula is C29H25ClN4O4. The fourth-order valence-corrected chi connectivity index (χ4v) is 5.35. The molecule has 5 aromatic rings. The number of hydrogen-bond acceptors (Lipinski definition) is 6. The summed E-state index contributed by atoms with van der Waals surface area (Å²) in [5.41, 5.74) is 2.38. The molecule has 0 spiro atoms. The van der Waals surface area contributed by atoms with Crippen molar-refractivity contribution in [3.63, 3.8) is 0 Å². The van der Waals surface area contributed by atoms with Crippen molar-refractivity contribution in [3.05, 3.63) is 92.9 Å². The molecule has 1 aliphatic rings. The fraction of sp³-hybridized carbons (Fsp3) is 0.207. The molecule has 38 heavy (non-hydrogen) atoms. The first-order valence-electron chi connectivity index (χ1n) is 12.3. The molecule has 0 aliphatic carbocycles. The molecule has 1 fully saturated rings. The third kappa shape index (κ3) is 4.12. The minimum Gasteiger partial charge on any atom is -0.497 e. The van der Waals surface area contributed by atoms with E-state index < -0.39 is 11.2 Å². The average Bonchev–Trinajstić information content (AvgIpc) is 3.42. The van der Waals surface area contributed by atoms with Crippen LogP contribution in [0, 0.1) is 0 Å². The molecule has 0 radical (unpaired) electrons. The van der Waals surface area contributed by atoms with E-state index in [-0.39, 0.29) is 6.10 Å². The Morgan fingerprint density at radius 2 is 1.87 bits per heavy atom. The second-order valence-electron chi connectivity index (χ2n) is 9.33. The molecule has 8 nitrogen and oxygen atoms in total. The van der Waals surface area contributed by atoms with Gasteiger partial charge >= 0.3 is 5.69 Å². The molecule has 3 aromatic carbocycles. The summed E-state index contributed by atoms with van der Waals surface area (Å²) in [6.07, 6.45) is 4.42. The topological polar surface area (TPSA) is 89.4 Å². The van der Waals surface area contributed by atoms with Crippen LogP contribution in [0.2, 0.25) is 5.02 Å². The number of benzene rings is 3. The Hall–Kier alpha value is -4.14. The van der Waals surface area contributed by atoms with Crippen molar-refractivity contribution in [2.45, 2.75) is 12.5 Å². The lowest BCUT2D eigenvalue weighted by Gasteiger charge is -2.19. The van der Waals surface area contributed by atoms with E-state index in [1.807, 2.05) is 30.3 Å². The molecule has 3 heterocycles. The number of fused-ring (bicyclic) bond motifs is 2. The van der Waals surface area contributed by atoms with Gasteiger partial charge in [0.2, 0.25) is 0 Å². The number of nitrogens with zero attached hydrogens (tertiary/aromatic N) is 3. The van der Waals surface area contributed by atoms with E-state index in [2.05, 4.69) is 14.9 Å². The van der Waals surface area contributed by atoms with E-state index in [0.29, 0.717) is 27.4 Å². The lowest BCUT2D eigenvalue weighted by Crippen LogP contribution is -2.33. The van der Waals surface area contributed by atoms with Gasteiger partial charge in [0.15, 0.2) is 0 Å². The summed E-state index contributed by atoms with van der Waals surface area (Å²) in [4.78, 5) is 36.5. The maximum Gasteiger partial charge on any atom is 0.333 e. The van der Waals surface area contributed by atoms with Gasteiger partial charge in [-0.1, -0.05) is 23.7 Å². The van der Waals surface area contributed by atoms with Crippen molar-refractivity contribution in [1.29, 1.82) is 0 Å². The van der Waals surface area contributed by atoms with E-state index in [1.165, 1.54) is 0 Å². The number of ether oxygens (including phenoxy) is 2. The molecule has 0 amide bonds. The Bertz CT molecular complexity index is 1810. The molecular weight excluding hydrogens is 504 g/mol. The molecule has 192 valence electrons. The van der Waals surface area contributed by atoms with Crippen LogP contribution in [0.25, 0.3) is 38.5 Å². The number of hydrogen-bond donors (Lipinski definition) is 1. The number of halogens is 1. The zero-order valence-electron chi connectivity index (χ0n) is 20.9. The Labute approximate surface area is 223 Å². The zero-order valence-corrected chi connectivity index (χ0v) is 21.7. The number of aromatic amines is 1. The first-order chi connectivity index (χ1) is 18.5. The number of rotatable bonds is 5. The van der Waals surface area contributed by atoms with Crippen LogP contribution in [0.1, 0.15) is 6.42 Å². The largest absolute Gasteiger partial charge is 0.497 e. The molecule has 0 saturated carbocycles. The number of anilines is 1. The van der Waals surface area contributed by atoms with E-state index in [1.54, 1.807) is 50.9 Å². The Balaban J connectivity index is 1.48. The van der Waals surface area contributed by atoms with Crippen LogP contribution >= 0.6 is 11.6 Å². The number of aromatic nitrogens is 3. The molecule has 9 heteroatoms. The molecule has 1 atom stereocenters. The third-order valence-corrected chi connectivity index (χ3v) is 7.52. The summed E-state index contributed by atoms with van der Waals surface area (Å²) in [6.45, 7) is 1.67. The van der Waals surface area contributed by atoms with Crippen LogP contribution in [0.5, 0.6) is 5.75 Å². The maximum atomic E-state index is 13.7. The van der Waals surface area contributed by atoms with E-state index in [0.717, 1.165) is 51.7 Å². The van der Waals surface area contributed by atoms with Crippen LogP contribution in [-0.2, 0) is 4.74 Å². The molecule has 0 bridgehead atoms. The van der Waals surface area contributed by atoms with Crippen molar-refractivity contribution in [2.24, 2.45) is 0 Å². The quantitative estimate of drug-likeness (QED) is 0.353. The van der Waals surface area contributed by atoms with Crippen molar-refractivity contribution in [2.75, 3.05) is 32.2 Å². The van der Waals surface area contributed by atoms with Crippen molar-refractivity contribution in [3.8, 4) is 22.6 Å². The number of nitrogens with one attached hydrogen (secondary N) is 1. The van der Waals surface area contributed by atoms with E-state index >= 15 is 0 Å². The average molecular weight is 529 g/mol. The van der Waals surface area contributed by atoms with Gasteiger partial charge in [-0.2, -0.15) is 0 Å². The van der Waals surface area contributed by atoms with Gasteiger partial charge in [0.1, 0.15) is 5.75 Å². The van der Waals surface area contributed by atoms with Crippen LogP contribution < -0.4 is 20.9 Å². The van der Waals surface area contributed by atoms with Gasteiger partial charge < -0.3 is 19.4 Å². The normalized spacial score (nSPS) is 15.4. The first-order valence-corrected chi connectivity index (χ1v) is 12.6. The zero-order chi connectivity index (χ0) is 26.4. The second-order valence-corrected chi connectivity index (χ2v) is 9.74. The lowest BCUT2D eigenvalue weighted by molar-refractivity contribution is 0.121. The summed E-state index contributed by atoms with van der Waals surface area (Å²) in [6, 6.07) is 16.6. The predicted octanol–water partition coefficient (Wildman–Crippen LogP) is 4.78. The van der Waals surface area contributed by atoms with Crippen LogP contribution in [0.4, 0.5) is 5.69 Å². The van der Waals surface area contributed by atoms with Gasteiger partial charge in [-0.15, -0.1) is 0 Å². The Kier molecular flexibility index (Phi) is 6.13. The molecule has 1 N–H and O–H groups in total. The van der Waals surface area contributed by atoms with Gasteiger partial charge in [-0.3, -0.25) is 9.78 Å². The highest BCUT2D eigenvalue weighted by molar-refractivity contribution is 6.33. The van der Waals surface area contributed by atoms with Gasteiger partial charge in [0.05, 0.1) is 36.0 Å². The molecule has 1 saturated heterocycles. The van der Waals surface area contributed by atoms with Crippen molar-refractivity contribution < 1.29 is 9.47 Å². The summed E-state index contributed by atoms with van der Waals surface area (Å²) in [5.74, 6) is 0.655. The fourth-order valence-electron chi connectivity index (χ4n) is 5.12. The van der Waals surface area contributed by atoms with Crippen molar-refractivity contribution >= 4 is 39.0 Å². The predicted molar refractivity (Wildman–Crippen MR) is 150 cm³/mol. The minimum atomic E-state index is -0.545. The smallest absolute Gasteiger partial charge is 0.333 e. The lowest BCUT2D eigenvalue weighted by atomic mass is 10.0. The number of pyridine rings is 1. The third-order valence-electron chi connectivity index (χ3n) is 7.19. The van der Waals surface area contributed by atoms with Gasteiger partial charge in [-0.25, -0.2) is 9.36 Å². The Morgan fingerprint density at radius 1 is 1.00 bits per heavy atom. The minimum absolute atomic E-state index is 0.185. The summed E-state index contributed by atoms with van der Waals surface area (Å²) >= 11 is 6.43. The van der Waals surface area contributed by atoms with Crippen LogP contribution in [0.15, 0.2) is 76.6 Å². The standard InChI is InChI=1S/C29H25ClN4O4/c1-37-20-6-8-25(30)23(13-20)17-4-7-22-26(11-17)32-29(36)34(28(22)35)27-15-31-14-18-3-5-19(12-24(18)27)33-10-9-21(16-33)38-2/h3-8,11-15,21H,9-10,16H2,1-2H3,(H,32,36)/t21-/m0/s1.